The van der Waals surface area contributed by atoms with Gasteiger partial charge in [0.15, 0.2) is 5.78 Å². The van der Waals surface area contributed by atoms with Crippen LogP contribution >= 0.6 is 12.4 Å². The number of ketones is 1. The van der Waals surface area contributed by atoms with Gasteiger partial charge in [0.05, 0.1) is 5.56 Å². The molecule has 2 aliphatic heterocycles. The number of fused-ring (bicyclic) bond motifs is 2. The first kappa shape index (κ1) is 20.6. The lowest BCUT2D eigenvalue weighted by Crippen LogP contribution is -2.43. The molecular weight excluding hydrogens is 372 g/mol. The van der Waals surface area contributed by atoms with Crippen LogP contribution in [0.2, 0.25) is 0 Å². The van der Waals surface area contributed by atoms with Crippen molar-refractivity contribution in [2.24, 2.45) is 0 Å². The summed E-state index contributed by atoms with van der Waals surface area (Å²) in [6, 6.07) is 13.5. The molecule has 0 aliphatic carbocycles. The average molecular weight is 399 g/mol. The predicted molar refractivity (Wildman–Crippen MR) is 114 cm³/mol. The highest BCUT2D eigenvalue weighted by Gasteiger charge is 2.39. The van der Waals surface area contributed by atoms with Crippen LogP contribution in [0.15, 0.2) is 42.5 Å². The van der Waals surface area contributed by atoms with E-state index in [1.165, 1.54) is 0 Å². The van der Waals surface area contributed by atoms with Gasteiger partial charge < -0.3 is 10.2 Å². The minimum Gasteiger partial charge on any atom is -0.331 e. The van der Waals surface area contributed by atoms with E-state index in [0.717, 1.165) is 43.5 Å². The van der Waals surface area contributed by atoms with Crippen LogP contribution < -0.4 is 5.32 Å². The van der Waals surface area contributed by atoms with E-state index in [1.54, 1.807) is 12.1 Å². The van der Waals surface area contributed by atoms with E-state index < -0.39 is 0 Å². The van der Waals surface area contributed by atoms with Crippen LogP contribution in [0, 0.1) is 13.8 Å². The Balaban J connectivity index is 0.00000225. The molecule has 2 aliphatic rings. The second-order valence-corrected chi connectivity index (χ2v) is 7.76. The number of hydrogen-bond donors (Lipinski definition) is 1. The monoisotopic (exact) mass is 398 g/mol. The lowest BCUT2D eigenvalue weighted by Gasteiger charge is -2.28. The highest BCUT2D eigenvalue weighted by atomic mass is 35.5. The van der Waals surface area contributed by atoms with Crippen LogP contribution in [0.1, 0.15) is 56.7 Å². The molecule has 0 radical (unpaired) electrons. The molecule has 0 saturated carbocycles. The third-order valence-electron chi connectivity index (χ3n) is 6.06. The molecule has 2 fully saturated rings. The predicted octanol–water partition coefficient (Wildman–Crippen LogP) is 3.92. The van der Waals surface area contributed by atoms with Crippen molar-refractivity contribution in [2.45, 2.75) is 45.2 Å². The maximum absolute atomic E-state index is 13.4. The Labute approximate surface area is 172 Å². The normalized spacial score (nSPS) is 21.0. The van der Waals surface area contributed by atoms with Crippen molar-refractivity contribution >= 4 is 24.1 Å². The van der Waals surface area contributed by atoms with Crippen LogP contribution in [0.3, 0.4) is 0 Å². The molecule has 0 spiro atoms. The van der Waals surface area contributed by atoms with Crippen molar-refractivity contribution in [3.63, 3.8) is 0 Å². The second-order valence-electron chi connectivity index (χ2n) is 7.76. The van der Waals surface area contributed by atoms with Gasteiger partial charge in [0.1, 0.15) is 0 Å². The van der Waals surface area contributed by atoms with E-state index in [-0.39, 0.29) is 36.2 Å². The molecule has 2 saturated heterocycles. The SMILES string of the molecule is Cc1ccc(C(=O)c2ccccc2C(=O)N2C3CCNCC2CC3)cc1C.Cl. The minimum absolute atomic E-state index is 0. The topological polar surface area (TPSA) is 49.4 Å². The standard InChI is InChI=1S/C23H26N2O2.ClH/c1-15-7-8-17(13-16(15)2)22(26)20-5-3-4-6-21(20)23(27)25-18-9-10-19(25)14-24-12-11-18;/h3-8,13,18-19,24H,9-12,14H2,1-2H3;1H. The number of nitrogens with zero attached hydrogens (tertiary/aromatic N) is 1. The summed E-state index contributed by atoms with van der Waals surface area (Å²) in [5.74, 6) is -0.0821. The summed E-state index contributed by atoms with van der Waals surface area (Å²) in [4.78, 5) is 28.7. The zero-order valence-corrected chi connectivity index (χ0v) is 17.2. The van der Waals surface area contributed by atoms with Gasteiger partial charge in [0, 0.05) is 29.8 Å². The Bertz CT molecular complexity index is 882. The van der Waals surface area contributed by atoms with Gasteiger partial charge in [-0.3, -0.25) is 9.59 Å². The molecule has 1 amide bonds. The molecule has 2 heterocycles. The minimum atomic E-state index is -0.0812. The fourth-order valence-electron chi connectivity index (χ4n) is 4.36. The zero-order valence-electron chi connectivity index (χ0n) is 16.4. The maximum atomic E-state index is 13.4. The van der Waals surface area contributed by atoms with E-state index in [0.29, 0.717) is 16.7 Å². The number of carbonyl (C=O) groups is 2. The first-order valence-corrected chi connectivity index (χ1v) is 9.80. The summed E-state index contributed by atoms with van der Waals surface area (Å²) in [5, 5.41) is 3.43. The van der Waals surface area contributed by atoms with Gasteiger partial charge in [-0.25, -0.2) is 0 Å². The fourth-order valence-corrected chi connectivity index (χ4v) is 4.36. The molecule has 2 aromatic rings. The molecule has 0 aromatic heterocycles. The molecule has 2 unspecified atom stereocenters. The van der Waals surface area contributed by atoms with E-state index in [9.17, 15) is 9.59 Å². The molecule has 2 aromatic carbocycles. The summed E-state index contributed by atoms with van der Waals surface area (Å²) >= 11 is 0. The van der Waals surface area contributed by atoms with Crippen molar-refractivity contribution in [1.29, 1.82) is 0 Å². The number of hydrogen-bond acceptors (Lipinski definition) is 3. The van der Waals surface area contributed by atoms with E-state index in [2.05, 4.69) is 5.32 Å². The van der Waals surface area contributed by atoms with Crippen molar-refractivity contribution in [1.82, 2.24) is 10.2 Å². The number of benzene rings is 2. The highest BCUT2D eigenvalue weighted by Crippen LogP contribution is 2.30. The van der Waals surface area contributed by atoms with Gasteiger partial charge >= 0.3 is 0 Å². The van der Waals surface area contributed by atoms with Crippen molar-refractivity contribution < 1.29 is 9.59 Å². The molecule has 2 atom stereocenters. The van der Waals surface area contributed by atoms with Crippen LogP contribution in [0.25, 0.3) is 0 Å². The van der Waals surface area contributed by atoms with Crippen molar-refractivity contribution in [2.75, 3.05) is 13.1 Å². The Kier molecular flexibility index (Phi) is 6.21. The number of amides is 1. The van der Waals surface area contributed by atoms with E-state index in [1.807, 2.05) is 49.1 Å². The Hall–Kier alpha value is -2.17. The van der Waals surface area contributed by atoms with Gasteiger partial charge in [-0.1, -0.05) is 30.3 Å². The highest BCUT2D eigenvalue weighted by molar-refractivity contribution is 6.15. The second kappa shape index (κ2) is 8.46. The maximum Gasteiger partial charge on any atom is 0.255 e. The summed E-state index contributed by atoms with van der Waals surface area (Å²) in [7, 11) is 0. The summed E-state index contributed by atoms with van der Waals surface area (Å²) in [6.07, 6.45) is 3.08. The van der Waals surface area contributed by atoms with Gasteiger partial charge in [0.2, 0.25) is 0 Å². The van der Waals surface area contributed by atoms with Gasteiger partial charge in [0.25, 0.3) is 5.91 Å². The zero-order chi connectivity index (χ0) is 19.0. The first-order chi connectivity index (χ1) is 13.1. The van der Waals surface area contributed by atoms with Gasteiger partial charge in [-0.2, -0.15) is 0 Å². The summed E-state index contributed by atoms with van der Waals surface area (Å²) in [5.41, 5.74) is 3.91. The largest absolute Gasteiger partial charge is 0.331 e. The summed E-state index contributed by atoms with van der Waals surface area (Å²) < 4.78 is 0. The van der Waals surface area contributed by atoms with Crippen molar-refractivity contribution in [3.05, 3.63) is 70.3 Å². The number of aryl methyl sites for hydroxylation is 2. The third-order valence-corrected chi connectivity index (χ3v) is 6.06. The number of carbonyl (C=O) groups excluding carboxylic acids is 2. The van der Waals surface area contributed by atoms with Crippen LogP contribution in [-0.2, 0) is 0 Å². The Morgan fingerprint density at radius 1 is 0.929 bits per heavy atom. The molecular formula is C23H27ClN2O2. The van der Waals surface area contributed by atoms with Gasteiger partial charge in [-0.05, 0) is 62.9 Å². The lowest BCUT2D eigenvalue weighted by molar-refractivity contribution is 0.0676. The average Bonchev–Trinajstić information content (AvgIpc) is 2.95. The quantitative estimate of drug-likeness (QED) is 0.797. The molecule has 2 bridgehead atoms. The summed E-state index contributed by atoms with van der Waals surface area (Å²) in [6.45, 7) is 5.83. The fraction of sp³-hybridized carbons (Fsp3) is 0.391. The van der Waals surface area contributed by atoms with Gasteiger partial charge in [-0.15, -0.1) is 12.4 Å². The molecule has 4 rings (SSSR count). The van der Waals surface area contributed by atoms with Crippen LogP contribution in [0.4, 0.5) is 0 Å². The Morgan fingerprint density at radius 3 is 2.39 bits per heavy atom. The van der Waals surface area contributed by atoms with Crippen LogP contribution in [-0.4, -0.2) is 41.8 Å². The molecule has 4 nitrogen and oxygen atoms in total. The number of rotatable bonds is 3. The van der Waals surface area contributed by atoms with Crippen molar-refractivity contribution in [3.8, 4) is 0 Å². The van der Waals surface area contributed by atoms with Crippen LogP contribution in [0.5, 0.6) is 0 Å². The Morgan fingerprint density at radius 2 is 1.64 bits per heavy atom. The van der Waals surface area contributed by atoms with E-state index in [4.69, 9.17) is 0 Å². The molecule has 28 heavy (non-hydrogen) atoms. The first-order valence-electron chi connectivity index (χ1n) is 9.80. The number of nitrogens with one attached hydrogen (secondary N) is 1. The number of halogens is 1. The third kappa shape index (κ3) is 3.71. The smallest absolute Gasteiger partial charge is 0.255 e. The molecule has 148 valence electrons. The molecule has 1 N–H and O–H groups in total. The van der Waals surface area contributed by atoms with E-state index >= 15 is 0 Å². The molecule has 5 heteroatoms. The lowest BCUT2D eigenvalue weighted by atomic mass is 9.95.